The van der Waals surface area contributed by atoms with E-state index in [9.17, 15) is 18.3 Å². The first-order chi connectivity index (χ1) is 7.38. The molecule has 88 valence electrons. The van der Waals surface area contributed by atoms with Crippen molar-refractivity contribution in [2.75, 3.05) is 6.26 Å². The van der Waals surface area contributed by atoms with Crippen LogP contribution in [0.25, 0.3) is 0 Å². The highest BCUT2D eigenvalue weighted by molar-refractivity contribution is 7.90. The van der Waals surface area contributed by atoms with Gasteiger partial charge < -0.3 is 9.90 Å². The number of hydrogen-bond acceptors (Lipinski definition) is 4. The number of phenols is 1. The van der Waals surface area contributed by atoms with E-state index >= 15 is 0 Å². The topological polar surface area (TPSA) is 71.4 Å². The van der Waals surface area contributed by atoms with Gasteiger partial charge in [0.15, 0.2) is 9.84 Å². The van der Waals surface area contributed by atoms with Crippen molar-refractivity contribution in [3.63, 3.8) is 0 Å². The van der Waals surface area contributed by atoms with Crippen LogP contribution in [0.2, 0.25) is 0 Å². The minimum absolute atomic E-state index is 0.0850. The standard InChI is InChI=1S/C11H14O4S/c1-8(6-7-12)11-9(13)4-3-5-10(11)16(2,14)15/h3-5,7-8,13H,6H2,1-2H3. The van der Waals surface area contributed by atoms with Crippen LogP contribution in [0.4, 0.5) is 0 Å². The summed E-state index contributed by atoms with van der Waals surface area (Å²) in [7, 11) is -3.40. The second-order valence-electron chi connectivity index (χ2n) is 3.76. The number of aldehydes is 1. The summed E-state index contributed by atoms with van der Waals surface area (Å²) in [5, 5.41) is 9.67. The van der Waals surface area contributed by atoms with Crippen molar-refractivity contribution in [3.8, 4) is 5.75 Å². The summed E-state index contributed by atoms with van der Waals surface area (Å²) in [4.78, 5) is 10.5. The van der Waals surface area contributed by atoms with Crippen LogP contribution in [-0.2, 0) is 14.6 Å². The molecule has 0 saturated heterocycles. The van der Waals surface area contributed by atoms with E-state index in [-0.39, 0.29) is 23.0 Å². The first-order valence-corrected chi connectivity index (χ1v) is 6.72. The number of aromatic hydroxyl groups is 1. The minimum Gasteiger partial charge on any atom is -0.508 e. The molecule has 1 atom stereocenters. The largest absolute Gasteiger partial charge is 0.508 e. The molecule has 0 fully saturated rings. The van der Waals surface area contributed by atoms with Crippen LogP contribution in [0.15, 0.2) is 23.1 Å². The van der Waals surface area contributed by atoms with Crippen LogP contribution in [-0.4, -0.2) is 26.1 Å². The Labute approximate surface area is 94.8 Å². The summed E-state index contributed by atoms with van der Waals surface area (Å²) >= 11 is 0. The van der Waals surface area contributed by atoms with E-state index in [4.69, 9.17) is 0 Å². The van der Waals surface area contributed by atoms with Crippen LogP contribution < -0.4 is 0 Å². The lowest BCUT2D eigenvalue weighted by atomic mass is 9.97. The van der Waals surface area contributed by atoms with Crippen molar-refractivity contribution in [3.05, 3.63) is 23.8 Å². The van der Waals surface area contributed by atoms with Crippen LogP contribution >= 0.6 is 0 Å². The Bertz CT molecular complexity index is 491. The van der Waals surface area contributed by atoms with Gasteiger partial charge in [-0.1, -0.05) is 13.0 Å². The van der Waals surface area contributed by atoms with Crippen molar-refractivity contribution < 1.29 is 18.3 Å². The second kappa shape index (κ2) is 4.65. The molecule has 1 unspecified atom stereocenters. The zero-order valence-electron chi connectivity index (χ0n) is 9.17. The maximum Gasteiger partial charge on any atom is 0.175 e. The molecular weight excluding hydrogens is 228 g/mol. The summed E-state index contributed by atoms with van der Waals surface area (Å²) in [6.07, 6.45) is 1.97. The highest BCUT2D eigenvalue weighted by Crippen LogP contribution is 2.33. The van der Waals surface area contributed by atoms with Gasteiger partial charge in [-0.3, -0.25) is 0 Å². The number of rotatable bonds is 4. The lowest BCUT2D eigenvalue weighted by Crippen LogP contribution is -2.06. The highest BCUT2D eigenvalue weighted by atomic mass is 32.2. The first kappa shape index (κ1) is 12.7. The molecule has 0 saturated carbocycles. The van der Waals surface area contributed by atoms with E-state index in [1.165, 1.54) is 18.2 Å². The van der Waals surface area contributed by atoms with Gasteiger partial charge in [0.25, 0.3) is 0 Å². The summed E-state index contributed by atoms with van der Waals surface area (Å²) in [5.41, 5.74) is 0.317. The number of benzene rings is 1. The summed E-state index contributed by atoms with van der Waals surface area (Å²) < 4.78 is 23.0. The quantitative estimate of drug-likeness (QED) is 0.812. The van der Waals surface area contributed by atoms with Crippen molar-refractivity contribution >= 4 is 16.1 Å². The maximum absolute atomic E-state index is 11.5. The van der Waals surface area contributed by atoms with E-state index in [0.717, 1.165) is 6.26 Å². The molecule has 16 heavy (non-hydrogen) atoms. The zero-order chi connectivity index (χ0) is 12.3. The molecule has 1 rings (SSSR count). The van der Waals surface area contributed by atoms with Crippen LogP contribution in [0, 0.1) is 0 Å². The predicted molar refractivity (Wildman–Crippen MR) is 60.3 cm³/mol. The average Bonchev–Trinajstić information content (AvgIpc) is 2.16. The van der Waals surface area contributed by atoms with Crippen molar-refractivity contribution in [1.82, 2.24) is 0 Å². The molecular formula is C11H14O4S. The number of carbonyl (C=O) groups excluding carboxylic acids is 1. The average molecular weight is 242 g/mol. The molecule has 0 heterocycles. The molecule has 0 radical (unpaired) electrons. The molecule has 0 aromatic heterocycles. The second-order valence-corrected chi connectivity index (χ2v) is 5.75. The summed E-state index contributed by atoms with van der Waals surface area (Å²) in [6, 6.07) is 4.33. The van der Waals surface area contributed by atoms with E-state index in [1.807, 2.05) is 0 Å². The molecule has 4 nitrogen and oxygen atoms in total. The normalized spacial score (nSPS) is 13.4. The van der Waals surface area contributed by atoms with Crippen molar-refractivity contribution in [1.29, 1.82) is 0 Å². The van der Waals surface area contributed by atoms with E-state index < -0.39 is 9.84 Å². The fourth-order valence-corrected chi connectivity index (χ4v) is 2.64. The van der Waals surface area contributed by atoms with Crippen LogP contribution in [0.5, 0.6) is 5.75 Å². The number of carbonyl (C=O) groups is 1. The number of hydrogen-bond donors (Lipinski definition) is 1. The number of sulfone groups is 1. The smallest absolute Gasteiger partial charge is 0.175 e. The Morgan fingerprint density at radius 3 is 2.56 bits per heavy atom. The highest BCUT2D eigenvalue weighted by Gasteiger charge is 2.20. The van der Waals surface area contributed by atoms with E-state index in [2.05, 4.69) is 0 Å². The lowest BCUT2D eigenvalue weighted by molar-refractivity contribution is -0.108. The van der Waals surface area contributed by atoms with Gasteiger partial charge in [0.05, 0.1) is 4.90 Å². The fraction of sp³-hybridized carbons (Fsp3) is 0.364. The molecule has 5 heteroatoms. The molecule has 1 aromatic rings. The molecule has 0 aliphatic heterocycles. The van der Waals surface area contributed by atoms with E-state index in [0.29, 0.717) is 11.8 Å². The van der Waals surface area contributed by atoms with E-state index in [1.54, 1.807) is 6.92 Å². The van der Waals surface area contributed by atoms with Gasteiger partial charge in [-0.25, -0.2) is 8.42 Å². The summed E-state index contributed by atoms with van der Waals surface area (Å²) in [6.45, 7) is 1.71. The molecule has 0 spiro atoms. The minimum atomic E-state index is -3.40. The summed E-state index contributed by atoms with van der Waals surface area (Å²) in [5.74, 6) is -0.402. The lowest BCUT2D eigenvalue weighted by Gasteiger charge is -2.14. The molecule has 0 amide bonds. The fourth-order valence-electron chi connectivity index (χ4n) is 1.61. The van der Waals surface area contributed by atoms with Gasteiger partial charge in [0.2, 0.25) is 0 Å². The van der Waals surface area contributed by atoms with Gasteiger partial charge >= 0.3 is 0 Å². The monoisotopic (exact) mass is 242 g/mol. The zero-order valence-corrected chi connectivity index (χ0v) is 9.99. The first-order valence-electron chi connectivity index (χ1n) is 4.83. The van der Waals surface area contributed by atoms with Crippen LogP contribution in [0.1, 0.15) is 24.8 Å². The number of phenolic OH excluding ortho intramolecular Hbond substituents is 1. The molecule has 1 N–H and O–H groups in total. The Kier molecular flexibility index (Phi) is 3.70. The Balaban J connectivity index is 3.41. The van der Waals surface area contributed by atoms with Crippen LogP contribution in [0.3, 0.4) is 0 Å². The van der Waals surface area contributed by atoms with Gasteiger partial charge in [0.1, 0.15) is 12.0 Å². The van der Waals surface area contributed by atoms with Gasteiger partial charge in [0, 0.05) is 18.2 Å². The third-order valence-electron chi connectivity index (χ3n) is 2.39. The van der Waals surface area contributed by atoms with Gasteiger partial charge in [-0.05, 0) is 18.1 Å². The van der Waals surface area contributed by atoms with Gasteiger partial charge in [-0.2, -0.15) is 0 Å². The predicted octanol–water partition coefficient (Wildman–Crippen LogP) is 1.49. The SMILES string of the molecule is CC(CC=O)c1c(O)cccc1S(C)(=O)=O. The molecule has 0 bridgehead atoms. The van der Waals surface area contributed by atoms with Crippen molar-refractivity contribution in [2.45, 2.75) is 24.2 Å². The maximum atomic E-state index is 11.5. The Morgan fingerprint density at radius 2 is 2.06 bits per heavy atom. The molecule has 1 aromatic carbocycles. The molecule has 0 aliphatic carbocycles. The Morgan fingerprint density at radius 1 is 1.44 bits per heavy atom. The third kappa shape index (κ3) is 2.61. The van der Waals surface area contributed by atoms with Gasteiger partial charge in [-0.15, -0.1) is 0 Å². The van der Waals surface area contributed by atoms with Crippen molar-refractivity contribution in [2.24, 2.45) is 0 Å². The molecule has 0 aliphatic rings. The third-order valence-corrected chi connectivity index (χ3v) is 3.54. The Hall–Kier alpha value is -1.36.